The van der Waals surface area contributed by atoms with Gasteiger partial charge in [0.2, 0.25) is 5.91 Å². The van der Waals surface area contributed by atoms with Gasteiger partial charge in [-0.05, 0) is 38.2 Å². The van der Waals surface area contributed by atoms with Gasteiger partial charge < -0.3 is 5.32 Å². The zero-order valence-electron chi connectivity index (χ0n) is 13.1. The number of hydrogen-bond acceptors (Lipinski definition) is 5. The first-order chi connectivity index (χ1) is 11.0. The number of fused-ring (bicyclic) bond motifs is 1. The first-order valence-electron chi connectivity index (χ1n) is 7.67. The van der Waals surface area contributed by atoms with Crippen LogP contribution in [0.3, 0.4) is 0 Å². The standard InChI is InChI=1S/C16H18N4O2S/c1-3-11-6-12-14(23-11)18-9-20(15(12)22)7-13(21)19-16(2,8-17)10-4-5-10/h6,9-10H,3-5,7H2,1-2H3,(H,19,21). The molecule has 3 rings (SSSR count). The molecule has 0 radical (unpaired) electrons. The third-order valence-electron chi connectivity index (χ3n) is 4.26. The Kier molecular flexibility index (Phi) is 3.94. The summed E-state index contributed by atoms with van der Waals surface area (Å²) in [4.78, 5) is 30.7. The Morgan fingerprint density at radius 1 is 1.61 bits per heavy atom. The van der Waals surface area contributed by atoms with Crippen LogP contribution >= 0.6 is 11.3 Å². The highest BCUT2D eigenvalue weighted by Gasteiger charge is 2.43. The number of aryl methyl sites for hydroxylation is 1. The van der Waals surface area contributed by atoms with Gasteiger partial charge in [-0.3, -0.25) is 14.2 Å². The third-order valence-corrected chi connectivity index (χ3v) is 5.44. The first kappa shape index (κ1) is 15.7. The van der Waals surface area contributed by atoms with Gasteiger partial charge in [0.1, 0.15) is 16.9 Å². The number of rotatable bonds is 5. The molecule has 1 aliphatic carbocycles. The molecule has 0 aromatic carbocycles. The van der Waals surface area contributed by atoms with Crippen LogP contribution in [0.5, 0.6) is 0 Å². The van der Waals surface area contributed by atoms with E-state index in [-0.39, 0.29) is 23.9 Å². The van der Waals surface area contributed by atoms with E-state index in [1.54, 1.807) is 6.92 Å². The fraction of sp³-hybridized carbons (Fsp3) is 0.500. The number of hydrogen-bond donors (Lipinski definition) is 1. The summed E-state index contributed by atoms with van der Waals surface area (Å²) >= 11 is 1.50. The van der Waals surface area contributed by atoms with Gasteiger partial charge in [0.05, 0.1) is 17.8 Å². The van der Waals surface area contributed by atoms with Crippen molar-refractivity contribution in [2.75, 3.05) is 0 Å². The highest BCUT2D eigenvalue weighted by atomic mass is 32.1. The number of carbonyl (C=O) groups is 1. The lowest BCUT2D eigenvalue weighted by Crippen LogP contribution is -2.48. The van der Waals surface area contributed by atoms with Crippen LogP contribution in [0.1, 0.15) is 31.6 Å². The number of aromatic nitrogens is 2. The molecule has 0 aliphatic heterocycles. The summed E-state index contributed by atoms with van der Waals surface area (Å²) in [5.74, 6) is -0.132. The molecule has 2 heterocycles. The van der Waals surface area contributed by atoms with Gasteiger partial charge in [-0.1, -0.05) is 6.92 Å². The summed E-state index contributed by atoms with van der Waals surface area (Å²) in [5, 5.41) is 12.6. The lowest BCUT2D eigenvalue weighted by molar-refractivity contribution is -0.123. The van der Waals surface area contributed by atoms with Crippen LogP contribution in [0.25, 0.3) is 10.2 Å². The van der Waals surface area contributed by atoms with Crippen molar-refractivity contribution in [1.29, 1.82) is 5.26 Å². The second kappa shape index (κ2) is 5.78. The molecule has 1 saturated carbocycles. The molecule has 1 unspecified atom stereocenters. The minimum Gasteiger partial charge on any atom is -0.336 e. The number of nitrogens with one attached hydrogen (secondary N) is 1. The Bertz CT molecular complexity index is 859. The molecule has 0 spiro atoms. The maximum Gasteiger partial charge on any atom is 0.262 e. The van der Waals surface area contributed by atoms with Gasteiger partial charge in [0.25, 0.3) is 5.56 Å². The van der Waals surface area contributed by atoms with Crippen molar-refractivity contribution in [3.63, 3.8) is 0 Å². The molecule has 2 aromatic heterocycles. The predicted molar refractivity (Wildman–Crippen MR) is 88.1 cm³/mol. The van der Waals surface area contributed by atoms with Gasteiger partial charge in [0.15, 0.2) is 0 Å². The number of amides is 1. The van der Waals surface area contributed by atoms with Crippen LogP contribution < -0.4 is 10.9 Å². The van der Waals surface area contributed by atoms with E-state index in [9.17, 15) is 14.9 Å². The zero-order valence-corrected chi connectivity index (χ0v) is 13.9. The summed E-state index contributed by atoms with van der Waals surface area (Å²) in [7, 11) is 0. The number of carbonyl (C=O) groups excluding carboxylic acids is 1. The number of nitrogens with zero attached hydrogens (tertiary/aromatic N) is 3. The van der Waals surface area contributed by atoms with Gasteiger partial charge in [-0.2, -0.15) is 5.26 Å². The van der Waals surface area contributed by atoms with Gasteiger partial charge in [-0.15, -0.1) is 11.3 Å². The van der Waals surface area contributed by atoms with Crippen LogP contribution in [0.2, 0.25) is 0 Å². The fourth-order valence-corrected chi connectivity index (χ4v) is 3.59. The minimum atomic E-state index is -0.851. The summed E-state index contributed by atoms with van der Waals surface area (Å²) in [5.41, 5.74) is -1.07. The molecule has 0 saturated heterocycles. The topological polar surface area (TPSA) is 87.8 Å². The lowest BCUT2D eigenvalue weighted by atomic mass is 9.98. The maximum absolute atomic E-state index is 12.5. The molecular formula is C16H18N4O2S. The van der Waals surface area contributed by atoms with Crippen LogP contribution in [0.15, 0.2) is 17.2 Å². The van der Waals surface area contributed by atoms with Crippen molar-refractivity contribution in [2.45, 2.75) is 45.2 Å². The van der Waals surface area contributed by atoms with Crippen molar-refractivity contribution >= 4 is 27.5 Å². The molecule has 7 heteroatoms. The first-order valence-corrected chi connectivity index (χ1v) is 8.48. The molecule has 1 N–H and O–H groups in total. The minimum absolute atomic E-state index is 0.122. The second-order valence-electron chi connectivity index (χ2n) is 6.10. The van der Waals surface area contributed by atoms with Crippen LogP contribution in [0, 0.1) is 17.2 Å². The largest absolute Gasteiger partial charge is 0.336 e. The van der Waals surface area contributed by atoms with Crippen LogP contribution in [0.4, 0.5) is 0 Å². The molecule has 1 atom stereocenters. The van der Waals surface area contributed by atoms with Crippen molar-refractivity contribution in [1.82, 2.24) is 14.9 Å². The third kappa shape index (κ3) is 2.99. The van der Waals surface area contributed by atoms with Crippen LogP contribution in [-0.2, 0) is 17.8 Å². The average Bonchev–Trinajstić information content (AvgIpc) is 3.30. The molecule has 1 fully saturated rings. The monoisotopic (exact) mass is 330 g/mol. The van der Waals surface area contributed by atoms with E-state index in [0.717, 1.165) is 24.1 Å². The second-order valence-corrected chi connectivity index (χ2v) is 7.21. The Balaban J connectivity index is 1.81. The van der Waals surface area contributed by atoms with Crippen molar-refractivity contribution in [2.24, 2.45) is 5.92 Å². The summed E-state index contributed by atoms with van der Waals surface area (Å²) in [6.07, 6.45) is 4.16. The van der Waals surface area contributed by atoms with E-state index in [2.05, 4.69) is 16.4 Å². The van der Waals surface area contributed by atoms with E-state index in [1.165, 1.54) is 22.2 Å². The molecule has 1 aliphatic rings. The zero-order chi connectivity index (χ0) is 16.6. The Labute approximate surface area is 137 Å². The summed E-state index contributed by atoms with van der Waals surface area (Å²) in [6, 6.07) is 4.02. The van der Waals surface area contributed by atoms with Gasteiger partial charge in [-0.25, -0.2) is 4.98 Å². The summed E-state index contributed by atoms with van der Waals surface area (Å²) in [6.45, 7) is 3.64. The predicted octanol–water partition coefficient (Wildman–Crippen LogP) is 1.83. The quantitative estimate of drug-likeness (QED) is 0.906. The number of nitriles is 1. The van der Waals surface area contributed by atoms with Crippen molar-refractivity contribution < 1.29 is 4.79 Å². The van der Waals surface area contributed by atoms with Gasteiger partial charge >= 0.3 is 0 Å². The number of thiophene rings is 1. The molecule has 120 valence electrons. The van der Waals surface area contributed by atoms with Gasteiger partial charge in [0, 0.05) is 4.88 Å². The van der Waals surface area contributed by atoms with E-state index in [0.29, 0.717) is 10.2 Å². The van der Waals surface area contributed by atoms with E-state index in [4.69, 9.17) is 0 Å². The average molecular weight is 330 g/mol. The molecule has 2 aromatic rings. The lowest BCUT2D eigenvalue weighted by Gasteiger charge is -2.22. The molecule has 0 bridgehead atoms. The molecule has 6 nitrogen and oxygen atoms in total. The van der Waals surface area contributed by atoms with E-state index >= 15 is 0 Å². The molecular weight excluding hydrogens is 312 g/mol. The van der Waals surface area contributed by atoms with Crippen LogP contribution in [-0.4, -0.2) is 21.0 Å². The maximum atomic E-state index is 12.5. The normalized spacial score (nSPS) is 16.7. The van der Waals surface area contributed by atoms with Crippen molar-refractivity contribution in [3.8, 4) is 6.07 Å². The van der Waals surface area contributed by atoms with Crippen molar-refractivity contribution in [3.05, 3.63) is 27.6 Å². The highest BCUT2D eigenvalue weighted by Crippen LogP contribution is 2.39. The van der Waals surface area contributed by atoms with E-state index in [1.807, 2.05) is 13.0 Å². The SMILES string of the molecule is CCc1cc2c(=O)n(CC(=O)NC(C)(C#N)C3CC3)cnc2s1. The molecule has 23 heavy (non-hydrogen) atoms. The molecule has 1 amide bonds. The smallest absolute Gasteiger partial charge is 0.262 e. The summed E-state index contributed by atoms with van der Waals surface area (Å²) < 4.78 is 1.30. The van der Waals surface area contributed by atoms with E-state index < -0.39 is 5.54 Å². The Hall–Kier alpha value is -2.20. The highest BCUT2D eigenvalue weighted by molar-refractivity contribution is 7.18. The Morgan fingerprint density at radius 2 is 2.35 bits per heavy atom. The fourth-order valence-electron chi connectivity index (χ4n) is 2.66. The Morgan fingerprint density at radius 3 is 2.96 bits per heavy atom.